The van der Waals surface area contributed by atoms with Crippen molar-refractivity contribution < 1.29 is 9.59 Å². The summed E-state index contributed by atoms with van der Waals surface area (Å²) in [6.07, 6.45) is 1.80. The van der Waals surface area contributed by atoms with Crippen LogP contribution in [0.15, 0.2) is 18.2 Å². The Morgan fingerprint density at radius 2 is 2.25 bits per heavy atom. The van der Waals surface area contributed by atoms with E-state index in [0.29, 0.717) is 23.4 Å². The molecule has 0 radical (unpaired) electrons. The van der Waals surface area contributed by atoms with Crippen LogP contribution in [0.3, 0.4) is 0 Å². The molecule has 0 aromatic heterocycles. The van der Waals surface area contributed by atoms with Gasteiger partial charge in [0.15, 0.2) is 5.78 Å². The largest absolute Gasteiger partial charge is 0.299 e. The van der Waals surface area contributed by atoms with E-state index in [9.17, 15) is 9.59 Å². The third-order valence-corrected chi connectivity index (χ3v) is 3.19. The molecule has 84 valence electrons. The topological polar surface area (TPSA) is 34.1 Å². The summed E-state index contributed by atoms with van der Waals surface area (Å²) in [4.78, 5) is 23.7. The van der Waals surface area contributed by atoms with E-state index in [1.54, 1.807) is 18.2 Å². The van der Waals surface area contributed by atoms with Gasteiger partial charge in [0, 0.05) is 17.0 Å². The predicted octanol–water partition coefficient (Wildman–Crippen LogP) is 3.06. The zero-order chi connectivity index (χ0) is 11.7. The Hall–Kier alpha value is -1.15. The van der Waals surface area contributed by atoms with E-state index in [1.165, 1.54) is 0 Å². The van der Waals surface area contributed by atoms with Crippen LogP contribution < -0.4 is 0 Å². The second kappa shape index (κ2) is 4.38. The van der Waals surface area contributed by atoms with E-state index in [1.807, 2.05) is 6.92 Å². The first-order chi connectivity index (χ1) is 7.63. The minimum atomic E-state index is -0.464. The van der Waals surface area contributed by atoms with Crippen molar-refractivity contribution in [1.29, 1.82) is 0 Å². The maximum atomic E-state index is 12.0. The van der Waals surface area contributed by atoms with Gasteiger partial charge in [0.2, 0.25) is 0 Å². The summed E-state index contributed by atoms with van der Waals surface area (Å²) in [5, 5.41) is 0.621. The van der Waals surface area contributed by atoms with Crippen LogP contribution in [0.1, 0.15) is 35.7 Å². The van der Waals surface area contributed by atoms with Gasteiger partial charge in [-0.05, 0) is 36.6 Å². The van der Waals surface area contributed by atoms with Crippen LogP contribution in [0.4, 0.5) is 0 Å². The lowest BCUT2D eigenvalue weighted by Crippen LogP contribution is -2.20. The fourth-order valence-electron chi connectivity index (χ4n) is 2.15. The molecular formula is C13H13ClO2. The van der Waals surface area contributed by atoms with E-state index in [2.05, 4.69) is 0 Å². The molecule has 0 N–H and O–H groups in total. The van der Waals surface area contributed by atoms with Gasteiger partial charge in [-0.25, -0.2) is 0 Å². The number of carbonyl (C=O) groups is 2. The van der Waals surface area contributed by atoms with E-state index < -0.39 is 5.92 Å². The fourth-order valence-corrected chi connectivity index (χ4v) is 2.35. The van der Waals surface area contributed by atoms with Crippen LogP contribution in [0.2, 0.25) is 5.02 Å². The number of hydrogen-bond donors (Lipinski definition) is 0. The van der Waals surface area contributed by atoms with Gasteiger partial charge < -0.3 is 0 Å². The molecule has 1 aromatic carbocycles. The molecule has 0 fully saturated rings. The van der Waals surface area contributed by atoms with Gasteiger partial charge in [-0.3, -0.25) is 9.59 Å². The number of halogens is 1. The Balaban J connectivity index is 2.27. The van der Waals surface area contributed by atoms with Crippen molar-refractivity contribution in [2.75, 3.05) is 0 Å². The van der Waals surface area contributed by atoms with Crippen molar-refractivity contribution in [2.45, 2.75) is 26.2 Å². The number of ketones is 2. The Labute approximate surface area is 99.6 Å². The average molecular weight is 237 g/mol. The van der Waals surface area contributed by atoms with Gasteiger partial charge in [-0.15, -0.1) is 0 Å². The summed E-state index contributed by atoms with van der Waals surface area (Å²) in [6.45, 7) is 1.95. The highest BCUT2D eigenvalue weighted by Crippen LogP contribution is 2.30. The van der Waals surface area contributed by atoms with Crippen LogP contribution in [0, 0.1) is 5.92 Å². The van der Waals surface area contributed by atoms with Crippen LogP contribution in [-0.2, 0) is 11.2 Å². The van der Waals surface area contributed by atoms with Gasteiger partial charge in [-0.2, -0.15) is 0 Å². The maximum Gasteiger partial charge on any atom is 0.173 e. The first-order valence-electron chi connectivity index (χ1n) is 5.49. The predicted molar refractivity (Wildman–Crippen MR) is 62.9 cm³/mol. The Morgan fingerprint density at radius 1 is 1.50 bits per heavy atom. The highest BCUT2D eigenvalue weighted by Gasteiger charge is 2.34. The quantitative estimate of drug-likeness (QED) is 0.756. The molecule has 0 spiro atoms. The summed E-state index contributed by atoms with van der Waals surface area (Å²) in [7, 11) is 0. The standard InChI is InChI=1S/C13H13ClO2/c1-2-3-12(15)11-7-8-6-9(14)4-5-10(8)13(11)16/h4-6,11H,2-3,7H2,1H3. The molecule has 0 heterocycles. The highest BCUT2D eigenvalue weighted by molar-refractivity contribution is 6.31. The third kappa shape index (κ3) is 1.90. The van der Waals surface area contributed by atoms with Crippen LogP contribution in [0.25, 0.3) is 0 Å². The molecule has 1 aromatic rings. The second-order valence-electron chi connectivity index (χ2n) is 4.14. The van der Waals surface area contributed by atoms with Crippen molar-refractivity contribution in [3.8, 4) is 0 Å². The van der Waals surface area contributed by atoms with Crippen molar-refractivity contribution in [2.24, 2.45) is 5.92 Å². The molecule has 0 aliphatic heterocycles. The summed E-state index contributed by atoms with van der Waals surface area (Å²) in [5.41, 5.74) is 1.57. The van der Waals surface area contributed by atoms with Crippen molar-refractivity contribution in [3.05, 3.63) is 34.3 Å². The number of carbonyl (C=O) groups excluding carboxylic acids is 2. The third-order valence-electron chi connectivity index (χ3n) is 2.96. The van der Waals surface area contributed by atoms with Gasteiger partial charge in [-0.1, -0.05) is 18.5 Å². The normalized spacial score (nSPS) is 18.6. The lowest BCUT2D eigenvalue weighted by molar-refractivity contribution is -0.121. The maximum absolute atomic E-state index is 12.0. The SMILES string of the molecule is CCCC(=O)C1Cc2cc(Cl)ccc2C1=O. The number of benzene rings is 1. The van der Waals surface area contributed by atoms with Crippen LogP contribution in [0.5, 0.6) is 0 Å². The van der Waals surface area contributed by atoms with E-state index in [4.69, 9.17) is 11.6 Å². The van der Waals surface area contributed by atoms with E-state index >= 15 is 0 Å². The molecule has 0 saturated heterocycles. The van der Waals surface area contributed by atoms with Crippen LogP contribution >= 0.6 is 11.6 Å². The van der Waals surface area contributed by atoms with E-state index in [0.717, 1.165) is 12.0 Å². The number of hydrogen-bond acceptors (Lipinski definition) is 2. The summed E-state index contributed by atoms with van der Waals surface area (Å²) in [5.74, 6) is -0.446. The number of Topliss-reactive ketones (excluding diaryl/α,β-unsaturated/α-hetero) is 2. The highest BCUT2D eigenvalue weighted by atomic mass is 35.5. The lowest BCUT2D eigenvalue weighted by Gasteiger charge is -2.04. The molecule has 0 bridgehead atoms. The molecule has 16 heavy (non-hydrogen) atoms. The fraction of sp³-hybridized carbons (Fsp3) is 0.385. The van der Waals surface area contributed by atoms with Crippen LogP contribution in [-0.4, -0.2) is 11.6 Å². The average Bonchev–Trinajstić information content (AvgIpc) is 2.56. The van der Waals surface area contributed by atoms with Crippen molar-refractivity contribution in [1.82, 2.24) is 0 Å². The second-order valence-corrected chi connectivity index (χ2v) is 4.58. The molecule has 0 saturated carbocycles. The summed E-state index contributed by atoms with van der Waals surface area (Å²) >= 11 is 5.86. The zero-order valence-corrected chi connectivity index (χ0v) is 9.88. The molecule has 1 aliphatic rings. The Kier molecular flexibility index (Phi) is 3.10. The molecule has 0 amide bonds. The van der Waals surface area contributed by atoms with Gasteiger partial charge >= 0.3 is 0 Å². The molecule has 1 atom stereocenters. The number of fused-ring (bicyclic) bond motifs is 1. The van der Waals surface area contributed by atoms with Crippen molar-refractivity contribution >= 4 is 23.2 Å². The summed E-state index contributed by atoms with van der Waals surface area (Å²) in [6, 6.07) is 5.21. The smallest absolute Gasteiger partial charge is 0.173 e. The summed E-state index contributed by atoms with van der Waals surface area (Å²) < 4.78 is 0. The molecule has 1 aliphatic carbocycles. The minimum Gasteiger partial charge on any atom is -0.299 e. The number of rotatable bonds is 3. The van der Waals surface area contributed by atoms with Gasteiger partial charge in [0.05, 0.1) is 5.92 Å². The molecular weight excluding hydrogens is 224 g/mol. The molecule has 2 nitrogen and oxygen atoms in total. The molecule has 3 heteroatoms. The first-order valence-corrected chi connectivity index (χ1v) is 5.86. The van der Waals surface area contributed by atoms with Gasteiger partial charge in [0.25, 0.3) is 0 Å². The minimum absolute atomic E-state index is 0.0369. The molecule has 1 unspecified atom stereocenters. The van der Waals surface area contributed by atoms with E-state index in [-0.39, 0.29) is 11.6 Å². The monoisotopic (exact) mass is 236 g/mol. The van der Waals surface area contributed by atoms with Gasteiger partial charge in [0.1, 0.15) is 5.78 Å². The first kappa shape index (κ1) is 11.3. The molecule has 2 rings (SSSR count). The Morgan fingerprint density at radius 3 is 2.94 bits per heavy atom. The lowest BCUT2D eigenvalue weighted by atomic mass is 9.97. The Bertz CT molecular complexity index is 451. The van der Waals surface area contributed by atoms with Crippen molar-refractivity contribution in [3.63, 3.8) is 0 Å². The zero-order valence-electron chi connectivity index (χ0n) is 9.13.